The highest BCUT2D eigenvalue weighted by Gasteiger charge is 2.41. The predicted molar refractivity (Wildman–Crippen MR) is 67.7 cm³/mol. The monoisotopic (exact) mass is 297 g/mol. The Bertz CT molecular complexity index is 380. The summed E-state index contributed by atoms with van der Waals surface area (Å²) in [5.41, 5.74) is -0.276. The van der Waals surface area contributed by atoms with E-state index in [1.807, 2.05) is 0 Å². The van der Waals surface area contributed by atoms with Crippen LogP contribution < -0.4 is 0 Å². The molecule has 1 rings (SSSR count). The van der Waals surface area contributed by atoms with Gasteiger partial charge in [-0.2, -0.15) is 0 Å². The average Bonchev–Trinajstić information content (AvgIpc) is 2.19. The molecule has 0 aromatic rings. The average molecular weight is 299 g/mol. The van der Waals surface area contributed by atoms with Crippen LogP contribution >= 0.6 is 34.8 Å². The van der Waals surface area contributed by atoms with Gasteiger partial charge in [0.25, 0.3) is 0 Å². The minimum absolute atomic E-state index is 0.456. The fourth-order valence-corrected chi connectivity index (χ4v) is 1.42. The number of allylic oxidation sites excluding steroid dienone is 4. The largest absolute Gasteiger partial charge is 0.479 e. The first-order chi connectivity index (χ1) is 7.74. The highest BCUT2D eigenvalue weighted by molar-refractivity contribution is 6.68. The van der Waals surface area contributed by atoms with Gasteiger partial charge in [-0.1, -0.05) is 52.1 Å². The van der Waals surface area contributed by atoms with Gasteiger partial charge in [-0.15, -0.1) is 0 Å². The molecule has 4 nitrogen and oxygen atoms in total. The lowest BCUT2D eigenvalue weighted by molar-refractivity contribution is -0.142. The molecule has 1 N–H and O–H groups in total. The van der Waals surface area contributed by atoms with Gasteiger partial charge in [0.1, 0.15) is 5.71 Å². The van der Waals surface area contributed by atoms with Gasteiger partial charge in [0, 0.05) is 0 Å². The number of oxime groups is 1. The molecule has 0 aromatic carbocycles. The second kappa shape index (κ2) is 5.29. The van der Waals surface area contributed by atoms with E-state index >= 15 is 0 Å². The van der Waals surface area contributed by atoms with E-state index in [1.165, 1.54) is 0 Å². The summed E-state index contributed by atoms with van der Waals surface area (Å²) in [5.74, 6) is -1.09. The molecule has 94 valence electrons. The number of rotatable bonds is 3. The minimum atomic E-state index is -1.46. The van der Waals surface area contributed by atoms with E-state index in [2.05, 4.69) is 9.99 Å². The van der Waals surface area contributed by atoms with E-state index < -0.39 is 21.8 Å². The Hall–Kier alpha value is -0.710. The summed E-state index contributed by atoms with van der Waals surface area (Å²) >= 11 is 17.5. The van der Waals surface area contributed by atoms with Crippen LogP contribution in [0.4, 0.5) is 0 Å². The molecule has 0 heterocycles. The molecule has 0 aliphatic heterocycles. The maximum Gasteiger partial charge on any atom is 0.344 e. The number of carbonyl (C=O) groups is 1. The molecular formula is C10H10Cl3NO3. The summed E-state index contributed by atoms with van der Waals surface area (Å²) in [6.45, 7) is 1.26. The van der Waals surface area contributed by atoms with Crippen LogP contribution in [-0.2, 0) is 9.63 Å². The van der Waals surface area contributed by atoms with Crippen LogP contribution in [0.2, 0.25) is 0 Å². The summed E-state index contributed by atoms with van der Waals surface area (Å²) < 4.78 is -1.46. The lowest BCUT2D eigenvalue weighted by Crippen LogP contribution is -2.30. The maximum atomic E-state index is 10.2. The van der Waals surface area contributed by atoms with Gasteiger partial charge >= 0.3 is 5.97 Å². The second-order valence-electron chi connectivity index (χ2n) is 3.63. The number of aliphatic carboxylic acids is 1. The number of carboxylic acid groups (broad SMARTS) is 1. The van der Waals surface area contributed by atoms with Crippen molar-refractivity contribution in [3.63, 3.8) is 0 Å². The Morgan fingerprint density at radius 1 is 1.47 bits per heavy atom. The predicted octanol–water partition coefficient (Wildman–Crippen LogP) is 2.95. The molecule has 7 heteroatoms. The molecule has 0 unspecified atom stereocenters. The summed E-state index contributed by atoms with van der Waals surface area (Å²) in [4.78, 5) is 14.8. The van der Waals surface area contributed by atoms with Gasteiger partial charge in [-0.05, 0) is 19.1 Å². The molecule has 0 spiro atoms. The van der Waals surface area contributed by atoms with Crippen molar-refractivity contribution in [2.45, 2.75) is 10.7 Å². The third-order valence-corrected chi connectivity index (χ3v) is 3.39. The zero-order chi connectivity index (χ0) is 13.1. The van der Waals surface area contributed by atoms with Gasteiger partial charge in [0.05, 0.1) is 5.41 Å². The Kier molecular flexibility index (Phi) is 4.47. The highest BCUT2D eigenvalue weighted by atomic mass is 35.6. The van der Waals surface area contributed by atoms with Crippen molar-refractivity contribution in [2.24, 2.45) is 10.6 Å². The zero-order valence-corrected chi connectivity index (χ0v) is 11.1. The first-order valence-electron chi connectivity index (χ1n) is 4.61. The lowest BCUT2D eigenvalue weighted by Gasteiger charge is -2.31. The number of nitrogens with zero attached hydrogens (tertiary/aromatic N) is 1. The van der Waals surface area contributed by atoms with Crippen LogP contribution in [0.25, 0.3) is 0 Å². The number of hydrogen-bond donors (Lipinski definition) is 1. The third kappa shape index (κ3) is 3.91. The Balaban J connectivity index is 2.68. The molecule has 0 bridgehead atoms. The Morgan fingerprint density at radius 2 is 2.00 bits per heavy atom. The molecule has 17 heavy (non-hydrogen) atoms. The van der Waals surface area contributed by atoms with Gasteiger partial charge in [-0.3, -0.25) is 0 Å². The van der Waals surface area contributed by atoms with Crippen molar-refractivity contribution in [1.29, 1.82) is 0 Å². The number of alkyl halides is 3. The van der Waals surface area contributed by atoms with Crippen molar-refractivity contribution in [3.05, 3.63) is 24.3 Å². The molecule has 1 aliphatic rings. The lowest BCUT2D eigenvalue weighted by atomic mass is 9.87. The van der Waals surface area contributed by atoms with E-state index in [0.29, 0.717) is 5.71 Å². The smallest absolute Gasteiger partial charge is 0.344 e. The highest BCUT2D eigenvalue weighted by Crippen LogP contribution is 2.47. The summed E-state index contributed by atoms with van der Waals surface area (Å²) in [7, 11) is 0. The van der Waals surface area contributed by atoms with Crippen molar-refractivity contribution in [2.75, 3.05) is 6.61 Å². The van der Waals surface area contributed by atoms with E-state index in [0.717, 1.165) is 0 Å². The molecule has 0 aromatic heterocycles. The topological polar surface area (TPSA) is 58.9 Å². The summed E-state index contributed by atoms with van der Waals surface area (Å²) in [6, 6.07) is 0. The molecule has 0 saturated carbocycles. The summed E-state index contributed by atoms with van der Waals surface area (Å²) in [5, 5.41) is 12.0. The molecule has 0 amide bonds. The Labute approximate surface area is 113 Å². The van der Waals surface area contributed by atoms with E-state index in [4.69, 9.17) is 39.9 Å². The van der Waals surface area contributed by atoms with Crippen LogP contribution in [0.15, 0.2) is 29.5 Å². The molecule has 0 radical (unpaired) electrons. The SMILES string of the molecule is CC1(C(Cl)(Cl)Cl)C=CC(=NOCC(=O)O)C=C1. The molecule has 0 saturated heterocycles. The van der Waals surface area contributed by atoms with E-state index in [1.54, 1.807) is 31.2 Å². The fraction of sp³-hybridized carbons (Fsp3) is 0.400. The fourth-order valence-electron chi connectivity index (χ4n) is 1.04. The molecule has 1 aliphatic carbocycles. The van der Waals surface area contributed by atoms with Gasteiger partial charge in [0.2, 0.25) is 10.4 Å². The van der Waals surface area contributed by atoms with Crippen LogP contribution in [0.5, 0.6) is 0 Å². The molecule has 0 atom stereocenters. The summed E-state index contributed by atoms with van der Waals surface area (Å²) in [6.07, 6.45) is 6.54. The van der Waals surface area contributed by atoms with Gasteiger partial charge in [-0.25, -0.2) is 4.79 Å². The quantitative estimate of drug-likeness (QED) is 0.644. The first-order valence-corrected chi connectivity index (χ1v) is 5.75. The van der Waals surface area contributed by atoms with Crippen molar-refractivity contribution >= 4 is 46.5 Å². The van der Waals surface area contributed by atoms with Gasteiger partial charge < -0.3 is 9.94 Å². The van der Waals surface area contributed by atoms with Gasteiger partial charge in [0.15, 0.2) is 0 Å². The first kappa shape index (κ1) is 14.4. The Morgan fingerprint density at radius 3 is 2.41 bits per heavy atom. The van der Waals surface area contributed by atoms with E-state index in [9.17, 15) is 4.79 Å². The minimum Gasteiger partial charge on any atom is -0.479 e. The number of carboxylic acids is 1. The molecule has 0 fully saturated rings. The van der Waals surface area contributed by atoms with Crippen LogP contribution in [0, 0.1) is 5.41 Å². The third-order valence-electron chi connectivity index (χ3n) is 2.17. The standard InChI is InChI=1S/C10H10Cl3NO3/c1-9(10(11,12)13)4-2-7(3-5-9)14-17-6-8(15)16/h2-5H,6H2,1H3,(H,15,16). The number of hydrogen-bond acceptors (Lipinski definition) is 3. The maximum absolute atomic E-state index is 10.2. The van der Waals surface area contributed by atoms with E-state index in [-0.39, 0.29) is 0 Å². The van der Waals surface area contributed by atoms with Crippen LogP contribution in [0.1, 0.15) is 6.92 Å². The second-order valence-corrected chi connectivity index (χ2v) is 5.91. The molecular weight excluding hydrogens is 288 g/mol. The van der Waals surface area contributed by atoms with Crippen LogP contribution in [-0.4, -0.2) is 27.2 Å². The normalized spacial score (nSPS) is 23.6. The van der Waals surface area contributed by atoms with Crippen molar-refractivity contribution in [1.82, 2.24) is 0 Å². The van der Waals surface area contributed by atoms with Crippen LogP contribution in [0.3, 0.4) is 0 Å². The zero-order valence-electron chi connectivity index (χ0n) is 8.86. The van der Waals surface area contributed by atoms with Crippen molar-refractivity contribution in [3.8, 4) is 0 Å². The number of halogens is 3. The van der Waals surface area contributed by atoms with Crippen molar-refractivity contribution < 1.29 is 14.7 Å².